The van der Waals surface area contributed by atoms with Gasteiger partial charge in [-0.1, -0.05) is 78.9 Å². The van der Waals surface area contributed by atoms with Crippen LogP contribution in [0.3, 0.4) is 0 Å². The molecule has 2 atom stereocenters. The highest BCUT2D eigenvalue weighted by Gasteiger charge is 2.54. The van der Waals surface area contributed by atoms with Crippen LogP contribution in [0.15, 0.2) is 102 Å². The van der Waals surface area contributed by atoms with Crippen LogP contribution in [0.4, 0.5) is 0 Å². The van der Waals surface area contributed by atoms with E-state index >= 15 is 0 Å². The largest absolute Gasteiger partial charge is 0.510 e. The highest BCUT2D eigenvalue weighted by atomic mass is 32.1. The minimum Gasteiger partial charge on any atom is -0.510 e. The van der Waals surface area contributed by atoms with Crippen molar-refractivity contribution in [1.29, 1.82) is 0 Å². The van der Waals surface area contributed by atoms with E-state index in [4.69, 9.17) is 0 Å². The summed E-state index contributed by atoms with van der Waals surface area (Å²) in [5, 5.41) is 12.3. The lowest BCUT2D eigenvalue weighted by Gasteiger charge is -2.41. The van der Waals surface area contributed by atoms with Crippen LogP contribution in [0.2, 0.25) is 0 Å². The Balaban J connectivity index is 1.69. The Labute approximate surface area is 173 Å². The first kappa shape index (κ1) is 17.9. The predicted molar refractivity (Wildman–Crippen MR) is 119 cm³/mol. The third kappa shape index (κ3) is 2.65. The number of hydrogen-bond acceptors (Lipinski definition) is 3. The Hall–Kier alpha value is -3.17. The maximum absolute atomic E-state index is 13.5. The number of carbonyl (C=O) groups excluding carboxylic acids is 1. The van der Waals surface area contributed by atoms with Gasteiger partial charge in [0.25, 0.3) is 0 Å². The molecule has 2 nitrogen and oxygen atoms in total. The zero-order valence-corrected chi connectivity index (χ0v) is 16.8. The van der Waals surface area contributed by atoms with Gasteiger partial charge in [0.2, 0.25) is 0 Å². The van der Waals surface area contributed by atoms with Crippen LogP contribution >= 0.6 is 11.3 Å². The number of allylic oxidation sites excluding steroid dienone is 2. The van der Waals surface area contributed by atoms with Gasteiger partial charge in [-0.25, -0.2) is 0 Å². The Kier molecular flexibility index (Phi) is 4.14. The standard InChI is InChI=1S/C26H20O2S/c1-26(19-13-6-3-7-14-19)24(27)23(25(26)28)22(17-10-4-2-5-11-17)21-16-18-12-8-9-15-20(18)29-21/h2-16,22,27H,1H3. The average molecular weight is 397 g/mol. The molecule has 0 fully saturated rings. The topological polar surface area (TPSA) is 37.3 Å². The Bertz CT molecular complexity index is 1200. The number of fused-ring (bicyclic) bond motifs is 1. The van der Waals surface area contributed by atoms with Crippen LogP contribution in [0.5, 0.6) is 0 Å². The number of rotatable bonds is 4. The van der Waals surface area contributed by atoms with E-state index in [0.29, 0.717) is 5.57 Å². The van der Waals surface area contributed by atoms with Crippen LogP contribution < -0.4 is 0 Å². The molecule has 142 valence electrons. The van der Waals surface area contributed by atoms with Gasteiger partial charge in [0.15, 0.2) is 5.78 Å². The molecular weight excluding hydrogens is 376 g/mol. The van der Waals surface area contributed by atoms with Gasteiger partial charge in [0.05, 0.1) is 5.92 Å². The minimum absolute atomic E-state index is 0.00694. The normalized spacial score (nSPS) is 20.0. The molecule has 1 aliphatic rings. The summed E-state index contributed by atoms with van der Waals surface area (Å²) in [7, 11) is 0. The summed E-state index contributed by atoms with van der Waals surface area (Å²) in [6.07, 6.45) is 0. The van der Waals surface area contributed by atoms with E-state index < -0.39 is 5.41 Å². The van der Waals surface area contributed by atoms with Crippen molar-refractivity contribution in [2.75, 3.05) is 0 Å². The molecule has 5 rings (SSSR count). The van der Waals surface area contributed by atoms with Crippen LogP contribution in [0.25, 0.3) is 10.1 Å². The zero-order valence-electron chi connectivity index (χ0n) is 16.0. The van der Waals surface area contributed by atoms with Crippen molar-refractivity contribution in [3.05, 3.63) is 118 Å². The van der Waals surface area contributed by atoms with Crippen molar-refractivity contribution in [1.82, 2.24) is 0 Å². The van der Waals surface area contributed by atoms with Crippen LogP contribution in [0.1, 0.15) is 28.8 Å². The molecule has 1 heterocycles. The van der Waals surface area contributed by atoms with Crippen molar-refractivity contribution >= 4 is 27.2 Å². The Morgan fingerprint density at radius 1 is 0.862 bits per heavy atom. The molecule has 0 bridgehead atoms. The number of carbonyl (C=O) groups is 1. The molecule has 2 unspecified atom stereocenters. The zero-order chi connectivity index (χ0) is 20.0. The Morgan fingerprint density at radius 2 is 1.48 bits per heavy atom. The van der Waals surface area contributed by atoms with Gasteiger partial charge < -0.3 is 5.11 Å². The molecular formula is C26H20O2S. The number of hydrogen-bond donors (Lipinski definition) is 1. The van der Waals surface area contributed by atoms with Crippen LogP contribution in [-0.4, -0.2) is 10.9 Å². The van der Waals surface area contributed by atoms with Crippen molar-refractivity contribution in [3.8, 4) is 0 Å². The summed E-state index contributed by atoms with van der Waals surface area (Å²) in [5.41, 5.74) is 1.38. The number of aliphatic hydroxyl groups is 1. The highest BCUT2D eigenvalue weighted by molar-refractivity contribution is 7.19. The van der Waals surface area contributed by atoms with Crippen LogP contribution in [-0.2, 0) is 10.2 Å². The quantitative estimate of drug-likeness (QED) is 0.434. The van der Waals surface area contributed by atoms with Gasteiger partial charge in [-0.15, -0.1) is 11.3 Å². The van der Waals surface area contributed by atoms with E-state index in [2.05, 4.69) is 18.2 Å². The van der Waals surface area contributed by atoms with Gasteiger partial charge in [-0.2, -0.15) is 0 Å². The first-order valence-electron chi connectivity index (χ1n) is 9.68. The second-order valence-corrected chi connectivity index (χ2v) is 8.73. The Morgan fingerprint density at radius 3 is 2.14 bits per heavy atom. The molecule has 0 amide bonds. The van der Waals surface area contributed by atoms with E-state index in [-0.39, 0.29) is 17.5 Å². The molecule has 0 saturated heterocycles. The first-order valence-corrected chi connectivity index (χ1v) is 10.5. The van der Waals surface area contributed by atoms with Crippen molar-refractivity contribution in [2.24, 2.45) is 0 Å². The lowest BCUT2D eigenvalue weighted by molar-refractivity contribution is -0.123. The molecule has 3 heteroatoms. The SMILES string of the molecule is CC1(c2ccccc2)C(=O)C(C(c2ccccc2)c2cc3ccccc3s2)=C1O. The van der Waals surface area contributed by atoms with Crippen molar-refractivity contribution in [3.63, 3.8) is 0 Å². The van der Waals surface area contributed by atoms with E-state index in [0.717, 1.165) is 21.4 Å². The van der Waals surface area contributed by atoms with Crippen LogP contribution in [0, 0.1) is 0 Å². The fraction of sp³-hybridized carbons (Fsp3) is 0.115. The first-order chi connectivity index (χ1) is 14.1. The maximum Gasteiger partial charge on any atom is 0.181 e. The number of benzene rings is 3. The number of ketones is 1. The minimum atomic E-state index is -0.972. The molecule has 1 aromatic heterocycles. The van der Waals surface area contributed by atoms with Gasteiger partial charge >= 0.3 is 0 Å². The molecule has 0 spiro atoms. The second-order valence-electron chi connectivity index (χ2n) is 7.61. The molecule has 0 aliphatic heterocycles. The monoisotopic (exact) mass is 396 g/mol. The van der Waals surface area contributed by atoms with Crippen molar-refractivity contribution in [2.45, 2.75) is 18.3 Å². The molecule has 1 aliphatic carbocycles. The summed E-state index contributed by atoms with van der Waals surface area (Å²) in [6, 6.07) is 29.9. The number of Topliss-reactive ketones (excluding diaryl/α,β-unsaturated/α-hetero) is 1. The number of thiophene rings is 1. The summed E-state index contributed by atoms with van der Waals surface area (Å²) < 4.78 is 1.18. The fourth-order valence-electron chi connectivity index (χ4n) is 4.26. The third-order valence-electron chi connectivity index (χ3n) is 5.93. The van der Waals surface area contributed by atoms with E-state index in [1.165, 1.54) is 4.70 Å². The molecule has 0 saturated carbocycles. The van der Waals surface area contributed by atoms with Gasteiger partial charge in [0, 0.05) is 15.2 Å². The van der Waals surface area contributed by atoms with E-state index in [1.807, 2.05) is 79.7 Å². The summed E-state index contributed by atoms with van der Waals surface area (Å²) in [6.45, 7) is 1.82. The lowest BCUT2D eigenvalue weighted by Crippen LogP contribution is -2.47. The summed E-state index contributed by atoms with van der Waals surface area (Å²) >= 11 is 1.68. The smallest absolute Gasteiger partial charge is 0.181 e. The van der Waals surface area contributed by atoms with Crippen molar-refractivity contribution < 1.29 is 9.90 Å². The second kappa shape index (κ2) is 6.71. The summed E-state index contributed by atoms with van der Waals surface area (Å²) in [4.78, 5) is 14.6. The van der Waals surface area contributed by atoms with E-state index in [9.17, 15) is 9.90 Å². The molecule has 3 aromatic carbocycles. The van der Waals surface area contributed by atoms with Gasteiger partial charge in [0.1, 0.15) is 11.2 Å². The molecule has 4 aromatic rings. The molecule has 0 radical (unpaired) electrons. The lowest BCUT2D eigenvalue weighted by atomic mass is 9.61. The van der Waals surface area contributed by atoms with E-state index in [1.54, 1.807) is 11.3 Å². The third-order valence-corrected chi connectivity index (χ3v) is 7.11. The molecule has 29 heavy (non-hydrogen) atoms. The fourth-order valence-corrected chi connectivity index (χ4v) is 5.46. The molecule has 1 N–H and O–H groups in total. The average Bonchev–Trinajstić information content (AvgIpc) is 3.21. The van der Waals surface area contributed by atoms with Gasteiger partial charge in [-0.3, -0.25) is 4.79 Å². The summed E-state index contributed by atoms with van der Waals surface area (Å²) in [5.74, 6) is -0.0922. The predicted octanol–water partition coefficient (Wildman–Crippen LogP) is 6.39. The number of aliphatic hydroxyl groups excluding tert-OH is 1. The highest BCUT2D eigenvalue weighted by Crippen LogP contribution is 2.52. The maximum atomic E-state index is 13.5. The van der Waals surface area contributed by atoms with Gasteiger partial charge in [-0.05, 0) is 35.6 Å².